The number of hydrogen-bond acceptors (Lipinski definition) is 5. The van der Waals surface area contributed by atoms with Crippen LogP contribution in [0.5, 0.6) is 5.88 Å². The van der Waals surface area contributed by atoms with Crippen LogP contribution in [-0.4, -0.2) is 32.3 Å². The van der Waals surface area contributed by atoms with Crippen LogP contribution in [0.15, 0.2) is 30.5 Å². The Kier molecular flexibility index (Phi) is 6.99. The summed E-state index contributed by atoms with van der Waals surface area (Å²) in [5.41, 5.74) is 1.55. The van der Waals surface area contributed by atoms with Crippen LogP contribution in [-0.2, 0) is 11.3 Å². The van der Waals surface area contributed by atoms with Gasteiger partial charge in [-0.05, 0) is 30.7 Å². The third kappa shape index (κ3) is 7.41. The number of ether oxygens (including phenoxy) is 1. The molecule has 0 saturated heterocycles. The fourth-order valence-corrected chi connectivity index (χ4v) is 2.28. The minimum atomic E-state index is -2.99. The SMILES string of the molecule is CC(=O)Nc1cc(C(=O)NCc2ccnc(OCC(F)(F)I)c2)cc(C)n1. The Labute approximate surface area is 168 Å². The Morgan fingerprint density at radius 1 is 1.30 bits per heavy atom. The first kappa shape index (κ1) is 20.9. The summed E-state index contributed by atoms with van der Waals surface area (Å²) >= 11 is 0.982. The molecule has 2 rings (SSSR count). The molecule has 0 atom stereocenters. The van der Waals surface area contributed by atoms with Crippen LogP contribution < -0.4 is 15.4 Å². The minimum Gasteiger partial charge on any atom is -0.470 e. The molecule has 0 fully saturated rings. The van der Waals surface area contributed by atoms with E-state index in [2.05, 4.69) is 20.6 Å². The summed E-state index contributed by atoms with van der Waals surface area (Å²) in [7, 11) is 0. The Morgan fingerprint density at radius 3 is 2.70 bits per heavy atom. The van der Waals surface area contributed by atoms with Crippen LogP contribution in [0, 0.1) is 6.92 Å². The van der Waals surface area contributed by atoms with Crippen LogP contribution in [0.1, 0.15) is 28.5 Å². The van der Waals surface area contributed by atoms with E-state index < -0.39 is 10.5 Å². The highest BCUT2D eigenvalue weighted by molar-refractivity contribution is 14.1. The van der Waals surface area contributed by atoms with Gasteiger partial charge < -0.3 is 15.4 Å². The van der Waals surface area contributed by atoms with Crippen molar-refractivity contribution in [3.8, 4) is 5.88 Å². The second-order valence-corrected chi connectivity index (χ2v) is 7.23. The van der Waals surface area contributed by atoms with Gasteiger partial charge in [-0.1, -0.05) is 0 Å². The van der Waals surface area contributed by atoms with Crippen LogP contribution in [0.2, 0.25) is 0 Å². The highest BCUT2D eigenvalue weighted by Crippen LogP contribution is 2.23. The van der Waals surface area contributed by atoms with E-state index in [4.69, 9.17) is 4.74 Å². The minimum absolute atomic E-state index is 0.0470. The van der Waals surface area contributed by atoms with Gasteiger partial charge in [-0.3, -0.25) is 9.59 Å². The van der Waals surface area contributed by atoms with Gasteiger partial charge in [0.1, 0.15) is 5.82 Å². The molecule has 0 aromatic carbocycles. The van der Waals surface area contributed by atoms with Crippen molar-refractivity contribution in [3.63, 3.8) is 0 Å². The average molecular weight is 490 g/mol. The second-order valence-electron chi connectivity index (χ2n) is 5.65. The maximum absolute atomic E-state index is 12.8. The Morgan fingerprint density at radius 2 is 2.04 bits per heavy atom. The lowest BCUT2D eigenvalue weighted by Gasteiger charge is -2.11. The molecule has 144 valence electrons. The zero-order chi connectivity index (χ0) is 20.0. The summed E-state index contributed by atoms with van der Waals surface area (Å²) in [6.07, 6.45) is 1.41. The first-order valence-electron chi connectivity index (χ1n) is 7.81. The summed E-state index contributed by atoms with van der Waals surface area (Å²) in [6.45, 7) is 2.41. The number of aryl methyl sites for hydroxylation is 1. The number of nitrogens with zero attached hydrogens (tertiary/aromatic N) is 2. The molecule has 0 aliphatic carbocycles. The zero-order valence-corrected chi connectivity index (χ0v) is 16.7. The lowest BCUT2D eigenvalue weighted by Crippen LogP contribution is -2.23. The monoisotopic (exact) mass is 490 g/mol. The van der Waals surface area contributed by atoms with Crippen molar-refractivity contribution in [2.24, 2.45) is 0 Å². The summed E-state index contributed by atoms with van der Waals surface area (Å²) in [6, 6.07) is 6.16. The van der Waals surface area contributed by atoms with Gasteiger partial charge in [0, 0.05) is 59.6 Å². The summed E-state index contributed by atoms with van der Waals surface area (Å²) in [4.78, 5) is 31.5. The van der Waals surface area contributed by atoms with Crippen molar-refractivity contribution in [2.75, 3.05) is 11.9 Å². The van der Waals surface area contributed by atoms with Gasteiger partial charge in [-0.25, -0.2) is 9.97 Å². The van der Waals surface area contributed by atoms with Gasteiger partial charge in [-0.15, -0.1) is 0 Å². The van der Waals surface area contributed by atoms with Crippen molar-refractivity contribution >= 4 is 40.2 Å². The predicted molar refractivity (Wildman–Crippen MR) is 103 cm³/mol. The van der Waals surface area contributed by atoms with Crippen LogP contribution in [0.3, 0.4) is 0 Å². The molecule has 0 saturated carbocycles. The lowest BCUT2D eigenvalue weighted by atomic mass is 10.2. The smallest absolute Gasteiger partial charge is 0.329 e. The number of carbonyl (C=O) groups is 2. The molecular weight excluding hydrogens is 473 g/mol. The fraction of sp³-hybridized carbons (Fsp3) is 0.294. The maximum atomic E-state index is 12.8. The van der Waals surface area contributed by atoms with Gasteiger partial charge in [-0.2, -0.15) is 8.78 Å². The largest absolute Gasteiger partial charge is 0.470 e. The number of anilines is 1. The topological polar surface area (TPSA) is 93.2 Å². The number of halogens is 3. The highest BCUT2D eigenvalue weighted by Gasteiger charge is 2.25. The number of pyridine rings is 2. The van der Waals surface area contributed by atoms with Gasteiger partial charge in [0.15, 0.2) is 6.61 Å². The van der Waals surface area contributed by atoms with E-state index in [9.17, 15) is 18.4 Å². The molecule has 0 aliphatic heterocycles. The van der Waals surface area contributed by atoms with Crippen molar-refractivity contribution in [1.82, 2.24) is 15.3 Å². The molecule has 0 spiro atoms. The van der Waals surface area contributed by atoms with E-state index in [0.29, 0.717) is 16.8 Å². The Bertz CT molecular complexity index is 843. The van der Waals surface area contributed by atoms with E-state index in [0.717, 1.165) is 22.6 Å². The van der Waals surface area contributed by atoms with Crippen LogP contribution in [0.4, 0.5) is 14.6 Å². The number of amides is 2. The van der Waals surface area contributed by atoms with Gasteiger partial charge in [0.2, 0.25) is 11.8 Å². The third-order valence-electron chi connectivity index (χ3n) is 3.16. The maximum Gasteiger partial charge on any atom is 0.329 e. The van der Waals surface area contributed by atoms with Crippen LogP contribution >= 0.6 is 22.6 Å². The molecule has 2 heterocycles. The van der Waals surface area contributed by atoms with Gasteiger partial charge in [0.05, 0.1) is 0 Å². The molecule has 2 N–H and O–H groups in total. The summed E-state index contributed by atoms with van der Waals surface area (Å²) in [5, 5.41) is 5.24. The van der Waals surface area contributed by atoms with Gasteiger partial charge >= 0.3 is 3.93 Å². The molecule has 0 radical (unpaired) electrons. The number of aromatic nitrogens is 2. The van der Waals surface area contributed by atoms with Crippen molar-refractivity contribution < 1.29 is 23.1 Å². The summed E-state index contributed by atoms with van der Waals surface area (Å²) < 4.78 is 27.6. The number of nitrogens with one attached hydrogen (secondary N) is 2. The van der Waals surface area contributed by atoms with Crippen molar-refractivity contribution in [1.29, 1.82) is 0 Å². The molecule has 0 unspecified atom stereocenters. The zero-order valence-electron chi connectivity index (χ0n) is 14.6. The molecule has 0 bridgehead atoms. The quantitative estimate of drug-likeness (QED) is 0.460. The van der Waals surface area contributed by atoms with E-state index in [1.165, 1.54) is 25.3 Å². The second kappa shape index (κ2) is 9.02. The predicted octanol–water partition coefficient (Wildman–Crippen LogP) is 3.08. The number of hydrogen-bond donors (Lipinski definition) is 2. The highest BCUT2D eigenvalue weighted by atomic mass is 127. The van der Waals surface area contributed by atoms with Gasteiger partial charge in [0.25, 0.3) is 5.91 Å². The van der Waals surface area contributed by atoms with E-state index in [1.807, 2.05) is 0 Å². The van der Waals surface area contributed by atoms with Crippen LogP contribution in [0.25, 0.3) is 0 Å². The Balaban J connectivity index is 2.01. The number of carbonyl (C=O) groups excluding carboxylic acids is 2. The first-order chi connectivity index (χ1) is 12.6. The normalized spacial score (nSPS) is 11.0. The molecule has 2 amide bonds. The Hall–Kier alpha value is -2.37. The van der Waals surface area contributed by atoms with E-state index >= 15 is 0 Å². The molecule has 7 nitrogen and oxygen atoms in total. The van der Waals surface area contributed by atoms with Crippen molar-refractivity contribution in [3.05, 3.63) is 47.3 Å². The van der Waals surface area contributed by atoms with E-state index in [1.54, 1.807) is 19.1 Å². The first-order valence-corrected chi connectivity index (χ1v) is 8.89. The number of rotatable bonds is 7. The van der Waals surface area contributed by atoms with E-state index in [-0.39, 0.29) is 30.1 Å². The standard InChI is InChI=1S/C17H17F2IN4O3/c1-10-5-13(7-14(23-10)24-11(2)25)16(26)22-8-12-3-4-21-15(6-12)27-9-17(18,19)20/h3-7H,8-9H2,1-2H3,(H,22,26)(H,23,24,25). The average Bonchev–Trinajstić information content (AvgIpc) is 2.56. The lowest BCUT2D eigenvalue weighted by molar-refractivity contribution is -0.114. The third-order valence-corrected chi connectivity index (χ3v) is 3.47. The molecule has 10 heteroatoms. The molecule has 27 heavy (non-hydrogen) atoms. The summed E-state index contributed by atoms with van der Waals surface area (Å²) in [5.74, 6) is -0.330. The molecular formula is C17H17F2IN4O3. The fourth-order valence-electron chi connectivity index (χ4n) is 2.12. The number of alkyl halides is 3. The van der Waals surface area contributed by atoms with Crippen molar-refractivity contribution in [2.45, 2.75) is 24.3 Å². The molecule has 2 aromatic heterocycles. The molecule has 0 aliphatic rings. The molecule has 2 aromatic rings.